The van der Waals surface area contributed by atoms with Crippen LogP contribution in [-0.4, -0.2) is 27.8 Å². The Morgan fingerprint density at radius 3 is 2.73 bits per heavy atom. The summed E-state index contributed by atoms with van der Waals surface area (Å²) in [6.45, 7) is 1.98. The van der Waals surface area contributed by atoms with Gasteiger partial charge in [0.05, 0.1) is 18.5 Å². The number of phenolic OH excluding ortho intramolecular Hbond substituents is 1. The van der Waals surface area contributed by atoms with Crippen molar-refractivity contribution in [1.29, 1.82) is 0 Å². The number of ketones is 1. The molecule has 6 heteroatoms. The molecule has 1 aliphatic carbocycles. The lowest BCUT2D eigenvalue weighted by molar-refractivity contribution is -0.116. The maximum Gasteiger partial charge on any atom is 0.161 e. The number of methoxy groups -OCH3 is 1. The molecule has 0 saturated carbocycles. The largest absolute Gasteiger partial charge is 0.504 e. The fraction of sp³-hybridized carbons (Fsp3) is 0.250. The normalized spacial score (nSPS) is 17.9. The van der Waals surface area contributed by atoms with Crippen molar-refractivity contribution in [1.82, 2.24) is 9.78 Å². The minimum atomic E-state index is -0.254. The van der Waals surface area contributed by atoms with E-state index in [2.05, 4.69) is 5.32 Å². The van der Waals surface area contributed by atoms with Crippen molar-refractivity contribution in [2.45, 2.75) is 32.1 Å². The van der Waals surface area contributed by atoms with Gasteiger partial charge in [0, 0.05) is 29.2 Å². The average molecular weight is 401 g/mol. The van der Waals surface area contributed by atoms with Crippen LogP contribution in [0.5, 0.6) is 11.5 Å². The van der Waals surface area contributed by atoms with E-state index in [-0.39, 0.29) is 17.5 Å². The van der Waals surface area contributed by atoms with E-state index in [1.54, 1.807) is 6.07 Å². The Morgan fingerprint density at radius 2 is 1.97 bits per heavy atom. The van der Waals surface area contributed by atoms with Crippen LogP contribution in [0.4, 0.5) is 5.82 Å². The van der Waals surface area contributed by atoms with E-state index in [0.717, 1.165) is 52.4 Å². The lowest BCUT2D eigenvalue weighted by atomic mass is 9.76. The lowest BCUT2D eigenvalue weighted by Gasteiger charge is -2.33. The number of rotatable bonds is 3. The first-order chi connectivity index (χ1) is 14.6. The number of aromatic hydroxyl groups is 1. The number of hydrogen-bond acceptors (Lipinski definition) is 5. The van der Waals surface area contributed by atoms with Crippen LogP contribution in [0.3, 0.4) is 0 Å². The Morgan fingerprint density at radius 1 is 1.17 bits per heavy atom. The second kappa shape index (κ2) is 7.06. The van der Waals surface area contributed by atoms with Crippen LogP contribution in [0.15, 0.2) is 59.8 Å². The van der Waals surface area contributed by atoms with Gasteiger partial charge in [0.2, 0.25) is 0 Å². The molecular weight excluding hydrogens is 378 g/mol. The van der Waals surface area contributed by atoms with Gasteiger partial charge in [0.15, 0.2) is 17.3 Å². The van der Waals surface area contributed by atoms with Crippen molar-refractivity contribution in [2.75, 3.05) is 12.4 Å². The number of allylic oxidation sites excluding steroid dienone is 2. The van der Waals surface area contributed by atoms with Gasteiger partial charge in [-0.25, -0.2) is 4.68 Å². The summed E-state index contributed by atoms with van der Waals surface area (Å²) in [7, 11) is 1.53. The number of anilines is 1. The van der Waals surface area contributed by atoms with Crippen molar-refractivity contribution in [3.05, 3.63) is 76.6 Å². The number of para-hydroxylation sites is 1. The number of carbonyl (C=O) groups is 1. The third-order valence-corrected chi connectivity index (χ3v) is 5.95. The van der Waals surface area contributed by atoms with Gasteiger partial charge in [-0.2, -0.15) is 5.10 Å². The number of carbonyl (C=O) groups excluding carboxylic acids is 1. The Hall–Kier alpha value is -3.54. The molecule has 2 aliphatic rings. The summed E-state index contributed by atoms with van der Waals surface area (Å²) in [6, 6.07) is 15.3. The quantitative estimate of drug-likeness (QED) is 0.678. The molecule has 0 saturated heterocycles. The van der Waals surface area contributed by atoms with Crippen LogP contribution in [0.25, 0.3) is 5.69 Å². The standard InChI is InChI=1S/C24H23N3O3/c1-14-21-22(15-11-12-18(28)20(13-15)30-2)23-17(9-6-10-19(23)29)25-24(21)27(26-14)16-7-4-3-5-8-16/h3-5,7-8,11-13,22,25,28H,6,9-10H2,1-2H3. The molecule has 30 heavy (non-hydrogen) atoms. The highest BCUT2D eigenvalue weighted by Gasteiger charge is 2.39. The lowest BCUT2D eigenvalue weighted by Crippen LogP contribution is -2.27. The third kappa shape index (κ3) is 2.79. The predicted octanol–water partition coefficient (Wildman–Crippen LogP) is 4.46. The Labute approximate surface area is 174 Å². The third-order valence-electron chi connectivity index (χ3n) is 5.95. The van der Waals surface area contributed by atoms with Crippen LogP contribution < -0.4 is 10.1 Å². The minimum absolute atomic E-state index is 0.0799. The second-order valence-corrected chi connectivity index (χ2v) is 7.75. The minimum Gasteiger partial charge on any atom is -0.504 e. The van der Waals surface area contributed by atoms with Gasteiger partial charge in [-0.05, 0) is 49.6 Å². The molecular formula is C24H23N3O3. The number of phenols is 1. The maximum atomic E-state index is 13.0. The van der Waals surface area contributed by atoms with Gasteiger partial charge in [-0.3, -0.25) is 4.79 Å². The molecule has 2 N–H and O–H groups in total. The smallest absolute Gasteiger partial charge is 0.161 e. The molecule has 3 aromatic rings. The summed E-state index contributed by atoms with van der Waals surface area (Å²) in [5.41, 5.74) is 5.49. The number of nitrogens with zero attached hydrogens (tertiary/aromatic N) is 2. The fourth-order valence-corrected chi connectivity index (χ4v) is 4.58. The van der Waals surface area contributed by atoms with Crippen LogP contribution in [0, 0.1) is 6.92 Å². The molecule has 6 nitrogen and oxygen atoms in total. The van der Waals surface area contributed by atoms with Crippen LogP contribution in [0.1, 0.15) is 42.0 Å². The zero-order valence-electron chi connectivity index (χ0n) is 17.0. The summed E-state index contributed by atoms with van der Waals surface area (Å²) in [6.07, 6.45) is 2.21. The highest BCUT2D eigenvalue weighted by atomic mass is 16.5. The summed E-state index contributed by atoms with van der Waals surface area (Å²) in [5, 5.41) is 18.4. The van der Waals surface area contributed by atoms with Crippen LogP contribution in [0.2, 0.25) is 0 Å². The van der Waals surface area contributed by atoms with E-state index in [1.807, 2.05) is 54.1 Å². The molecule has 2 heterocycles. The van der Waals surface area contributed by atoms with E-state index in [1.165, 1.54) is 7.11 Å². The van der Waals surface area contributed by atoms with Crippen molar-refractivity contribution < 1.29 is 14.6 Å². The van der Waals surface area contributed by atoms with Gasteiger partial charge < -0.3 is 15.2 Å². The maximum absolute atomic E-state index is 13.0. The van der Waals surface area contributed by atoms with E-state index < -0.39 is 0 Å². The first kappa shape index (κ1) is 18.5. The van der Waals surface area contributed by atoms with Crippen molar-refractivity contribution in [2.24, 2.45) is 0 Å². The summed E-state index contributed by atoms with van der Waals surface area (Å²) < 4.78 is 7.26. The number of fused-ring (bicyclic) bond motifs is 1. The van der Waals surface area contributed by atoms with E-state index in [0.29, 0.717) is 12.2 Å². The zero-order chi connectivity index (χ0) is 20.8. The van der Waals surface area contributed by atoms with Crippen LogP contribution >= 0.6 is 0 Å². The molecule has 0 amide bonds. The Bertz CT molecular complexity index is 1180. The zero-order valence-corrected chi connectivity index (χ0v) is 17.0. The molecule has 1 aliphatic heterocycles. The number of benzene rings is 2. The van der Waals surface area contributed by atoms with E-state index in [4.69, 9.17) is 9.84 Å². The van der Waals surface area contributed by atoms with Gasteiger partial charge in [-0.1, -0.05) is 24.3 Å². The molecule has 2 aromatic carbocycles. The van der Waals surface area contributed by atoms with Crippen LogP contribution in [-0.2, 0) is 4.79 Å². The van der Waals surface area contributed by atoms with E-state index in [9.17, 15) is 9.90 Å². The molecule has 0 bridgehead atoms. The van der Waals surface area contributed by atoms with E-state index >= 15 is 0 Å². The number of aromatic nitrogens is 2. The molecule has 5 rings (SSSR count). The monoisotopic (exact) mass is 401 g/mol. The molecule has 0 spiro atoms. The highest BCUT2D eigenvalue weighted by Crippen LogP contribution is 2.48. The summed E-state index contributed by atoms with van der Waals surface area (Å²) in [5.74, 6) is 1.28. The second-order valence-electron chi connectivity index (χ2n) is 7.75. The Balaban J connectivity index is 1.76. The van der Waals surface area contributed by atoms with Crippen molar-refractivity contribution in [3.63, 3.8) is 0 Å². The average Bonchev–Trinajstić information content (AvgIpc) is 3.10. The number of Topliss-reactive ketones (excluding diaryl/α,β-unsaturated/α-hetero) is 1. The summed E-state index contributed by atoms with van der Waals surface area (Å²) >= 11 is 0. The first-order valence-electron chi connectivity index (χ1n) is 10.1. The summed E-state index contributed by atoms with van der Waals surface area (Å²) in [4.78, 5) is 13.0. The highest BCUT2D eigenvalue weighted by molar-refractivity contribution is 6.01. The molecule has 1 unspecified atom stereocenters. The van der Waals surface area contributed by atoms with Crippen molar-refractivity contribution >= 4 is 11.6 Å². The number of ether oxygens (including phenoxy) is 1. The number of aryl methyl sites for hydroxylation is 1. The van der Waals surface area contributed by atoms with Gasteiger partial charge in [-0.15, -0.1) is 0 Å². The SMILES string of the molecule is COc1cc(C2C3=C(CCCC3=O)Nc3c2c(C)nn3-c2ccccc2)ccc1O. The first-order valence-corrected chi connectivity index (χ1v) is 10.1. The van der Waals surface area contributed by atoms with Gasteiger partial charge in [0.25, 0.3) is 0 Å². The predicted molar refractivity (Wildman–Crippen MR) is 114 cm³/mol. The van der Waals surface area contributed by atoms with Gasteiger partial charge in [0.1, 0.15) is 5.82 Å². The topological polar surface area (TPSA) is 76.4 Å². The molecule has 1 atom stereocenters. The Kier molecular flexibility index (Phi) is 4.35. The van der Waals surface area contributed by atoms with Crippen molar-refractivity contribution in [3.8, 4) is 17.2 Å². The molecule has 0 radical (unpaired) electrons. The number of hydrogen-bond donors (Lipinski definition) is 2. The fourth-order valence-electron chi connectivity index (χ4n) is 4.58. The molecule has 1 aromatic heterocycles. The van der Waals surface area contributed by atoms with Gasteiger partial charge >= 0.3 is 0 Å². The number of nitrogens with one attached hydrogen (secondary N) is 1. The molecule has 152 valence electrons. The molecule has 0 fully saturated rings.